The summed E-state index contributed by atoms with van der Waals surface area (Å²) in [6.45, 7) is 0. The fraction of sp³-hybridized carbons (Fsp3) is 0.312. The van der Waals surface area contributed by atoms with Gasteiger partial charge in [0.15, 0.2) is 23.0 Å². The number of hydrogen-bond acceptors (Lipinski definition) is 16. The minimum atomic E-state index is -1.37. The van der Waals surface area contributed by atoms with Crippen molar-refractivity contribution >= 4 is 35.5 Å². The number of carbonyl (C=O) groups excluding carboxylic acids is 2. The Balaban J connectivity index is 0.000000286. The van der Waals surface area contributed by atoms with Gasteiger partial charge in [-0.05, 0) is 48.2 Å². The van der Waals surface area contributed by atoms with Gasteiger partial charge >= 0.3 is 11.9 Å². The van der Waals surface area contributed by atoms with Gasteiger partial charge in [-0.3, -0.25) is 11.5 Å². The highest BCUT2D eigenvalue weighted by molar-refractivity contribution is 5.72. The van der Waals surface area contributed by atoms with Crippen LogP contribution in [0.2, 0.25) is 0 Å². The van der Waals surface area contributed by atoms with Crippen LogP contribution in [0.5, 0.6) is 34.5 Å². The molecule has 0 saturated carbocycles. The molecule has 0 spiro atoms. The van der Waals surface area contributed by atoms with E-state index in [4.69, 9.17) is 51.4 Å². The zero-order chi connectivity index (χ0) is 37.4. The van der Waals surface area contributed by atoms with Crippen molar-refractivity contribution in [1.82, 2.24) is 9.97 Å². The van der Waals surface area contributed by atoms with Crippen LogP contribution < -0.4 is 71.5 Å². The molecule has 0 aliphatic heterocycles. The maximum absolute atomic E-state index is 9.50. The van der Waals surface area contributed by atoms with E-state index >= 15 is 0 Å². The summed E-state index contributed by atoms with van der Waals surface area (Å²) >= 11 is 0. The predicted octanol–water partition coefficient (Wildman–Crippen LogP) is -1.38. The number of H-pyrrole nitrogens is 2. The molecule has 50 heavy (non-hydrogen) atoms. The first-order valence-corrected chi connectivity index (χ1v) is 14.6. The number of hydrogen-bond donors (Lipinski definition) is 4. The van der Waals surface area contributed by atoms with E-state index < -0.39 is 24.8 Å². The largest absolute Gasteiger partial charge is 0.550 e. The van der Waals surface area contributed by atoms with Crippen LogP contribution in [-0.2, 0) is 22.4 Å². The number of ether oxygens (including phenoxy) is 6. The van der Waals surface area contributed by atoms with Crippen LogP contribution in [-0.4, -0.2) is 64.6 Å². The van der Waals surface area contributed by atoms with Gasteiger partial charge in [0, 0.05) is 35.9 Å². The zero-order valence-corrected chi connectivity index (χ0v) is 28.6. The molecule has 0 amide bonds. The van der Waals surface area contributed by atoms with Crippen molar-refractivity contribution < 1.29 is 58.2 Å². The van der Waals surface area contributed by atoms with Crippen molar-refractivity contribution in [3.63, 3.8) is 0 Å². The molecule has 4 aromatic rings. The molecule has 4 rings (SSSR count). The van der Waals surface area contributed by atoms with E-state index in [1.807, 2.05) is 24.3 Å². The lowest BCUT2D eigenvalue weighted by Gasteiger charge is -2.14. The number of rotatable bonds is 13. The number of nitrogen functional groups attached to an aromatic ring is 4. The van der Waals surface area contributed by atoms with Gasteiger partial charge < -0.3 is 59.7 Å². The molecule has 10 N–H and O–H groups in total. The van der Waals surface area contributed by atoms with Crippen LogP contribution in [0, 0.1) is 0 Å². The lowest BCUT2D eigenvalue weighted by Crippen LogP contribution is -2.27. The van der Waals surface area contributed by atoms with Gasteiger partial charge in [-0.1, -0.05) is 9.97 Å². The van der Waals surface area contributed by atoms with Gasteiger partial charge in [0.1, 0.15) is 0 Å². The second-order valence-corrected chi connectivity index (χ2v) is 10.1. The van der Waals surface area contributed by atoms with Crippen LogP contribution in [0.15, 0.2) is 36.7 Å². The quantitative estimate of drug-likeness (QED) is 0.125. The molecule has 18 nitrogen and oxygen atoms in total. The normalized spacial score (nSPS) is 9.96. The van der Waals surface area contributed by atoms with Crippen molar-refractivity contribution in [2.75, 3.05) is 65.6 Å². The maximum Gasteiger partial charge on any atom is 0.388 e. The van der Waals surface area contributed by atoms with Crippen LogP contribution in [0.25, 0.3) is 0 Å². The fourth-order valence-electron chi connectivity index (χ4n) is 4.34. The molecule has 0 saturated heterocycles. The number of aromatic nitrogens is 4. The first-order valence-electron chi connectivity index (χ1n) is 14.6. The number of nitrogens with two attached hydrogens (primary N) is 4. The predicted molar refractivity (Wildman–Crippen MR) is 176 cm³/mol. The van der Waals surface area contributed by atoms with Gasteiger partial charge in [-0.25, -0.2) is 9.97 Å². The van der Waals surface area contributed by atoms with Crippen LogP contribution in [0.4, 0.5) is 23.5 Å². The molecule has 0 unspecified atom stereocenters. The second kappa shape index (κ2) is 19.4. The summed E-state index contributed by atoms with van der Waals surface area (Å²) in [5.41, 5.74) is 26.4. The Labute approximate surface area is 288 Å². The third-order valence-corrected chi connectivity index (χ3v) is 6.70. The van der Waals surface area contributed by atoms with E-state index in [-0.39, 0.29) is 11.9 Å². The van der Waals surface area contributed by atoms with E-state index in [0.29, 0.717) is 59.0 Å². The minimum Gasteiger partial charge on any atom is -0.550 e. The summed E-state index contributed by atoms with van der Waals surface area (Å²) in [6.07, 6.45) is 3.66. The van der Waals surface area contributed by atoms with Gasteiger partial charge in [0.05, 0.1) is 55.1 Å². The Morgan fingerprint density at radius 2 is 0.880 bits per heavy atom. The van der Waals surface area contributed by atoms with E-state index in [9.17, 15) is 19.8 Å². The highest BCUT2D eigenvalue weighted by atomic mass is 16.5. The minimum absolute atomic E-state index is 0.279. The Morgan fingerprint density at radius 1 is 0.580 bits per heavy atom. The third-order valence-electron chi connectivity index (χ3n) is 6.70. The number of carbonyl (C=O) groups is 2. The summed E-state index contributed by atoms with van der Waals surface area (Å²) < 4.78 is 31.9. The monoisotopic (exact) mass is 698 g/mol. The second-order valence-electron chi connectivity index (χ2n) is 10.1. The number of carboxylic acids is 2. The molecule has 0 aliphatic carbocycles. The number of methoxy groups -OCH3 is 6. The molecule has 2 aromatic heterocycles. The number of nitrogens with zero attached hydrogens (tertiary/aromatic N) is 2. The molecular formula is C32H42N8O10. The van der Waals surface area contributed by atoms with Gasteiger partial charge in [-0.2, -0.15) is 0 Å². The molecule has 0 radical (unpaired) electrons. The molecule has 0 bridgehead atoms. The molecule has 0 atom stereocenters. The van der Waals surface area contributed by atoms with Crippen molar-refractivity contribution in [2.45, 2.75) is 25.7 Å². The number of aromatic amines is 2. The smallest absolute Gasteiger partial charge is 0.388 e. The Morgan fingerprint density at radius 3 is 1.10 bits per heavy atom. The fourth-order valence-corrected chi connectivity index (χ4v) is 4.34. The Kier molecular flexibility index (Phi) is 15.4. The maximum atomic E-state index is 9.50. The van der Waals surface area contributed by atoms with Crippen LogP contribution in [0.1, 0.15) is 35.1 Å². The summed E-state index contributed by atoms with van der Waals surface area (Å²) in [7, 11) is 9.44. The number of anilines is 4. The Hall–Kier alpha value is -6.46. The van der Waals surface area contributed by atoms with Crippen LogP contribution >= 0.6 is 0 Å². The van der Waals surface area contributed by atoms with Crippen molar-refractivity contribution in [3.8, 4) is 34.5 Å². The van der Waals surface area contributed by atoms with E-state index in [1.165, 1.54) is 0 Å². The summed E-state index contributed by atoms with van der Waals surface area (Å²) in [4.78, 5) is 32.7. The highest BCUT2D eigenvalue weighted by Gasteiger charge is 2.17. The number of benzene rings is 2. The number of aliphatic carboxylic acids is 2. The molecule has 270 valence electrons. The first kappa shape index (κ1) is 39.7. The highest BCUT2D eigenvalue weighted by Crippen LogP contribution is 2.40. The van der Waals surface area contributed by atoms with Crippen LogP contribution in [0.3, 0.4) is 0 Å². The lowest BCUT2D eigenvalue weighted by atomic mass is 10.1. The molecular weight excluding hydrogens is 656 g/mol. The third kappa shape index (κ3) is 11.7. The van der Waals surface area contributed by atoms with Crippen molar-refractivity contribution in [1.29, 1.82) is 0 Å². The zero-order valence-electron chi connectivity index (χ0n) is 28.6. The number of nitrogens with one attached hydrogen (secondary N) is 2. The van der Waals surface area contributed by atoms with E-state index in [2.05, 4.69) is 19.9 Å². The first-order chi connectivity index (χ1) is 23.8. The molecule has 2 heterocycles. The standard InChI is InChI=1S/2C14H18N4O3.C4H6O4/c2*1-19-10-5-8(6-11(20-2)12(10)21-3)4-9-7-17-14(16)18-13(9)15;5-3(6)1-2-4(7)8/h2*5-7H,4H2,1-3H3,(H4,15,16,17,18);1-2H2,(H,5,6)(H,7,8). The average Bonchev–Trinajstić information content (AvgIpc) is 3.09. The van der Waals surface area contributed by atoms with Gasteiger partial charge in [0.25, 0.3) is 0 Å². The Bertz CT molecular complexity index is 1580. The van der Waals surface area contributed by atoms with Gasteiger partial charge in [0.2, 0.25) is 23.1 Å². The summed E-state index contributed by atoms with van der Waals surface area (Å²) in [5.74, 6) is 2.09. The summed E-state index contributed by atoms with van der Waals surface area (Å²) in [6, 6.07) is 7.49. The van der Waals surface area contributed by atoms with E-state index in [1.54, 1.807) is 55.1 Å². The lowest BCUT2D eigenvalue weighted by molar-refractivity contribution is -0.365. The average molecular weight is 699 g/mol. The molecule has 18 heteroatoms. The molecule has 0 aliphatic rings. The molecule has 0 fully saturated rings. The summed E-state index contributed by atoms with van der Waals surface area (Å²) in [5, 5.41) is 19.0. The van der Waals surface area contributed by atoms with Crippen molar-refractivity contribution in [3.05, 3.63) is 58.9 Å². The number of carboxylic acid groups (broad SMARTS) is 2. The topological polar surface area (TPSA) is 294 Å². The van der Waals surface area contributed by atoms with Gasteiger partial charge in [-0.15, -0.1) is 0 Å². The molecule has 2 aromatic carbocycles. The van der Waals surface area contributed by atoms with E-state index in [0.717, 1.165) is 22.3 Å². The SMILES string of the molecule is COc1cc(Cc2c[nH+]c(N)nc2N)cc(OC)c1OC.COc1cc(Cc2c[nH+]c(N)nc2N)cc(OC)c1OC.O=C([O-])CCC(=O)[O-]. The van der Waals surface area contributed by atoms with Crippen molar-refractivity contribution in [2.24, 2.45) is 0 Å².